The zero-order valence-corrected chi connectivity index (χ0v) is 11.9. The van der Waals surface area contributed by atoms with Gasteiger partial charge in [0.05, 0.1) is 10.7 Å². The Bertz CT molecular complexity index is 576. The Morgan fingerprint density at radius 1 is 1.35 bits per heavy atom. The van der Waals surface area contributed by atoms with Crippen molar-refractivity contribution in [2.24, 2.45) is 0 Å². The number of nitro groups is 1. The first kappa shape index (κ1) is 16.0. The van der Waals surface area contributed by atoms with Crippen LogP contribution < -0.4 is 15.4 Å². The van der Waals surface area contributed by atoms with Gasteiger partial charge >= 0.3 is 5.69 Å². The summed E-state index contributed by atoms with van der Waals surface area (Å²) in [7, 11) is -1.90. The van der Waals surface area contributed by atoms with Gasteiger partial charge in [-0.1, -0.05) is 6.92 Å². The van der Waals surface area contributed by atoms with Crippen LogP contribution in [0.15, 0.2) is 6.33 Å². The van der Waals surface area contributed by atoms with Crippen molar-refractivity contribution < 1.29 is 13.3 Å². The number of hydrogen-bond donors (Lipinski definition) is 3. The first-order valence-electron chi connectivity index (χ1n) is 5.79. The summed E-state index contributed by atoms with van der Waals surface area (Å²) in [6.45, 7) is 1.95. The Morgan fingerprint density at radius 2 is 2.00 bits per heavy atom. The average Bonchev–Trinajstić information content (AvgIpc) is 2.37. The van der Waals surface area contributed by atoms with Gasteiger partial charge in [-0.25, -0.2) is 23.1 Å². The number of hydrogen-bond acceptors (Lipinski definition) is 8. The molecule has 0 amide bonds. The Hall–Kier alpha value is -2.01. The molecule has 1 aromatic heterocycles. The molecular weight excluding hydrogens is 288 g/mol. The minimum absolute atomic E-state index is 0.00363. The van der Waals surface area contributed by atoms with Gasteiger partial charge in [0.25, 0.3) is 0 Å². The Kier molecular flexibility index (Phi) is 5.58. The molecule has 11 heteroatoms. The van der Waals surface area contributed by atoms with E-state index in [-0.39, 0.29) is 29.6 Å². The molecule has 1 aromatic rings. The Morgan fingerprint density at radius 3 is 2.55 bits per heavy atom. The van der Waals surface area contributed by atoms with Crippen LogP contribution >= 0.6 is 0 Å². The molecule has 0 aliphatic carbocycles. The van der Waals surface area contributed by atoms with Crippen molar-refractivity contribution in [1.82, 2.24) is 14.7 Å². The summed E-state index contributed by atoms with van der Waals surface area (Å²) >= 11 is 0. The van der Waals surface area contributed by atoms with E-state index < -0.39 is 14.9 Å². The summed E-state index contributed by atoms with van der Waals surface area (Å²) in [5, 5.41) is 16.2. The van der Waals surface area contributed by atoms with Crippen molar-refractivity contribution in [2.75, 3.05) is 36.5 Å². The molecule has 0 saturated carbocycles. The second-order valence-corrected chi connectivity index (χ2v) is 5.60. The van der Waals surface area contributed by atoms with Crippen molar-refractivity contribution in [1.29, 1.82) is 0 Å². The van der Waals surface area contributed by atoms with Crippen molar-refractivity contribution >= 4 is 27.3 Å². The largest absolute Gasteiger partial charge is 0.367 e. The van der Waals surface area contributed by atoms with Crippen LogP contribution in [-0.2, 0) is 10.0 Å². The summed E-state index contributed by atoms with van der Waals surface area (Å²) in [5.74, 6) is -0.181. The second-order valence-electron chi connectivity index (χ2n) is 3.67. The van der Waals surface area contributed by atoms with E-state index in [1.807, 2.05) is 0 Å². The van der Waals surface area contributed by atoms with E-state index in [1.54, 1.807) is 6.92 Å². The molecule has 0 unspecified atom stereocenters. The number of aromatic nitrogens is 2. The fraction of sp³-hybridized carbons (Fsp3) is 0.556. The quantitative estimate of drug-likeness (QED) is 0.442. The maximum atomic E-state index is 11.4. The van der Waals surface area contributed by atoms with Gasteiger partial charge in [0.15, 0.2) is 0 Å². The molecule has 20 heavy (non-hydrogen) atoms. The molecular formula is C9H16N6O4S. The van der Waals surface area contributed by atoms with Crippen molar-refractivity contribution in [2.45, 2.75) is 6.92 Å². The lowest BCUT2D eigenvalue weighted by molar-refractivity contribution is -0.383. The molecule has 0 bridgehead atoms. The van der Waals surface area contributed by atoms with Crippen LogP contribution in [0.5, 0.6) is 0 Å². The number of nitrogens with one attached hydrogen (secondary N) is 3. The molecule has 0 atom stereocenters. The minimum atomic E-state index is -3.39. The molecule has 1 heterocycles. The zero-order chi connectivity index (χ0) is 15.2. The second kappa shape index (κ2) is 6.96. The van der Waals surface area contributed by atoms with Gasteiger partial charge in [-0.15, -0.1) is 0 Å². The van der Waals surface area contributed by atoms with Gasteiger partial charge in [-0.3, -0.25) is 10.1 Å². The van der Waals surface area contributed by atoms with Gasteiger partial charge in [-0.2, -0.15) is 0 Å². The molecule has 0 aliphatic heterocycles. The van der Waals surface area contributed by atoms with Gasteiger partial charge in [-0.05, 0) is 0 Å². The fourth-order valence-electron chi connectivity index (χ4n) is 1.46. The third kappa shape index (κ3) is 4.28. The lowest BCUT2D eigenvalue weighted by Gasteiger charge is -2.08. The molecule has 0 spiro atoms. The minimum Gasteiger partial charge on any atom is -0.367 e. The Balaban J connectivity index is 2.81. The maximum Gasteiger partial charge on any atom is 0.353 e. The number of anilines is 2. The standard InChI is InChI=1S/C9H16N6O4S/c1-3-14-20(18,19)5-4-11-9-7(15(16)17)8(10-2)12-6-13-9/h6,14H,3-5H2,1-2H3,(H2,10,11,12,13). The van der Waals surface area contributed by atoms with E-state index in [1.165, 1.54) is 7.05 Å². The molecule has 0 saturated heterocycles. The van der Waals surface area contributed by atoms with Gasteiger partial charge < -0.3 is 10.6 Å². The molecule has 1 rings (SSSR count). The third-order valence-corrected chi connectivity index (χ3v) is 3.74. The van der Waals surface area contributed by atoms with E-state index in [0.29, 0.717) is 6.54 Å². The van der Waals surface area contributed by atoms with Gasteiger partial charge in [0.1, 0.15) is 6.33 Å². The summed E-state index contributed by atoms with van der Waals surface area (Å²) in [5.41, 5.74) is -0.323. The van der Waals surface area contributed by atoms with Crippen molar-refractivity contribution in [3.05, 3.63) is 16.4 Å². The van der Waals surface area contributed by atoms with Gasteiger partial charge in [0.2, 0.25) is 21.7 Å². The predicted molar refractivity (Wildman–Crippen MR) is 74.2 cm³/mol. The van der Waals surface area contributed by atoms with Crippen LogP contribution in [0.3, 0.4) is 0 Å². The van der Waals surface area contributed by atoms with E-state index in [4.69, 9.17) is 0 Å². The molecule has 0 radical (unpaired) electrons. The van der Waals surface area contributed by atoms with Crippen molar-refractivity contribution in [3.8, 4) is 0 Å². The Labute approximate surface area is 116 Å². The normalized spacial score (nSPS) is 11.1. The monoisotopic (exact) mass is 304 g/mol. The number of rotatable bonds is 8. The fourth-order valence-corrected chi connectivity index (χ4v) is 2.41. The third-order valence-electron chi connectivity index (χ3n) is 2.27. The summed E-state index contributed by atoms with van der Waals surface area (Å²) in [6.07, 6.45) is 1.15. The molecule has 3 N–H and O–H groups in total. The lowest BCUT2D eigenvalue weighted by Crippen LogP contribution is -2.29. The summed E-state index contributed by atoms with van der Waals surface area (Å²) in [6, 6.07) is 0. The van der Waals surface area contributed by atoms with Crippen LogP contribution in [0.25, 0.3) is 0 Å². The average molecular weight is 304 g/mol. The summed E-state index contributed by atoms with van der Waals surface area (Å²) in [4.78, 5) is 17.8. The predicted octanol–water partition coefficient (Wildman–Crippen LogP) is -0.222. The zero-order valence-electron chi connectivity index (χ0n) is 11.1. The first-order chi connectivity index (χ1) is 9.41. The highest BCUT2D eigenvalue weighted by Crippen LogP contribution is 2.27. The van der Waals surface area contributed by atoms with E-state index in [0.717, 1.165) is 6.33 Å². The van der Waals surface area contributed by atoms with Crippen LogP contribution in [0.1, 0.15) is 6.92 Å². The van der Waals surface area contributed by atoms with Crippen molar-refractivity contribution in [3.63, 3.8) is 0 Å². The lowest BCUT2D eigenvalue weighted by atomic mass is 10.4. The highest BCUT2D eigenvalue weighted by molar-refractivity contribution is 7.89. The van der Waals surface area contributed by atoms with Crippen LogP contribution in [0, 0.1) is 10.1 Å². The van der Waals surface area contributed by atoms with Crippen LogP contribution in [0.2, 0.25) is 0 Å². The molecule has 0 aromatic carbocycles. The van der Waals surface area contributed by atoms with E-state index in [9.17, 15) is 18.5 Å². The van der Waals surface area contributed by atoms with E-state index in [2.05, 4.69) is 25.3 Å². The molecule has 10 nitrogen and oxygen atoms in total. The maximum absolute atomic E-state index is 11.4. The highest BCUT2D eigenvalue weighted by Gasteiger charge is 2.22. The van der Waals surface area contributed by atoms with Gasteiger partial charge in [0, 0.05) is 20.1 Å². The summed E-state index contributed by atoms with van der Waals surface area (Å²) < 4.78 is 25.2. The molecule has 0 aliphatic rings. The molecule has 112 valence electrons. The topological polar surface area (TPSA) is 139 Å². The van der Waals surface area contributed by atoms with Crippen LogP contribution in [-0.4, -0.2) is 49.2 Å². The first-order valence-corrected chi connectivity index (χ1v) is 7.44. The SMILES string of the molecule is CCNS(=O)(=O)CCNc1ncnc(NC)c1[N+](=O)[O-]. The van der Waals surface area contributed by atoms with Crippen LogP contribution in [0.4, 0.5) is 17.3 Å². The smallest absolute Gasteiger partial charge is 0.353 e. The van der Waals surface area contributed by atoms with E-state index >= 15 is 0 Å². The molecule has 0 fully saturated rings. The highest BCUT2D eigenvalue weighted by atomic mass is 32.2. The number of nitrogens with zero attached hydrogens (tertiary/aromatic N) is 3. The number of sulfonamides is 1.